The molecule has 0 radical (unpaired) electrons. The van der Waals surface area contributed by atoms with Gasteiger partial charge in [-0.15, -0.1) is 37.3 Å². The number of hydrogen-bond donors (Lipinski definition) is 1. The number of halogens is 2. The van der Waals surface area contributed by atoms with E-state index in [4.69, 9.17) is 10.8 Å². The molecule has 2 N–H and O–H groups in total. The van der Waals surface area contributed by atoms with Crippen molar-refractivity contribution in [2.45, 2.75) is 54.0 Å². The molecule has 6 heteroatoms. The quantitative estimate of drug-likeness (QED) is 0.423. The zero-order chi connectivity index (χ0) is 16.2. The molecule has 1 aliphatic rings. The molecule has 1 atom stereocenters. The zero-order valence-electron chi connectivity index (χ0n) is 15.5. The number of nitrogens with one attached hydrogen (secondary N) is 1. The third kappa shape index (κ3) is 29.1. The maximum atomic E-state index is 7.46. The van der Waals surface area contributed by atoms with E-state index < -0.39 is 0 Å². The molecule has 0 heterocycles. The standard InChI is InChI=1S/C9H13.C4H10N.C2H5O.CH3.2ClH.H2Si.Zr/c1-6-5-7(2)9(4)8(6)3;1-4(2,3)5;1-2-3;;;;;/h6H,1-4H3;5H,1-3H3;3H,1-2H2;1H3;2*1H;1H2;/q4*-1;;;;. The van der Waals surface area contributed by atoms with Crippen molar-refractivity contribution in [1.82, 2.24) is 0 Å². The number of rotatable bonds is 0. The maximum absolute atomic E-state index is 7.46. The Hall–Kier alpha value is 1.08. The van der Waals surface area contributed by atoms with Crippen LogP contribution in [0.25, 0.3) is 5.73 Å². The number of allylic oxidation sites excluding steroid dienone is 4. The van der Waals surface area contributed by atoms with Crippen LogP contribution in [-0.4, -0.2) is 24.1 Å². The second-order valence-electron chi connectivity index (χ2n) is 5.27. The van der Waals surface area contributed by atoms with Crippen molar-refractivity contribution in [3.8, 4) is 0 Å². The van der Waals surface area contributed by atoms with E-state index in [0.29, 0.717) is 5.92 Å². The fraction of sp³-hybridized carbons (Fsp3) is 0.625. The molecule has 0 aromatic heterocycles. The van der Waals surface area contributed by atoms with Crippen LogP contribution in [0, 0.1) is 26.3 Å². The third-order valence-corrected chi connectivity index (χ3v) is 2.24. The molecular formula is C16H35Cl2NOSiZr-4. The summed E-state index contributed by atoms with van der Waals surface area (Å²) in [5.74, 6) is 0.560. The SMILES string of the molecule is CC(C)(C)[NH-].CC1=[C-]C(C)C(C)=C1C.Cl.Cl.[CH2-]CO.[CH3-].[SiH2]=[Zr]. The van der Waals surface area contributed by atoms with Crippen molar-refractivity contribution in [3.05, 3.63) is 42.9 Å². The molecule has 0 fully saturated rings. The van der Waals surface area contributed by atoms with Gasteiger partial charge in [0.1, 0.15) is 0 Å². The first-order valence-electron chi connectivity index (χ1n) is 6.32. The summed E-state index contributed by atoms with van der Waals surface area (Å²) in [5.41, 5.74) is 10.9. The molecule has 0 saturated carbocycles. The van der Waals surface area contributed by atoms with Gasteiger partial charge in [-0.25, -0.2) is 5.57 Å². The molecule has 0 saturated heterocycles. The molecule has 2 nitrogen and oxygen atoms in total. The normalized spacial score (nSPS) is 14.8. The summed E-state index contributed by atoms with van der Waals surface area (Å²) in [6.45, 7) is 19.2. The zero-order valence-corrected chi connectivity index (χ0v) is 21.0. The van der Waals surface area contributed by atoms with E-state index in [2.05, 4.69) is 40.7 Å². The van der Waals surface area contributed by atoms with E-state index in [1.165, 1.54) is 16.7 Å². The van der Waals surface area contributed by atoms with Gasteiger partial charge in [0, 0.05) is 0 Å². The van der Waals surface area contributed by atoms with E-state index in [9.17, 15) is 0 Å². The van der Waals surface area contributed by atoms with Gasteiger partial charge in [0.2, 0.25) is 0 Å². The van der Waals surface area contributed by atoms with Crippen LogP contribution in [0.15, 0.2) is 16.7 Å². The Labute approximate surface area is 168 Å². The topological polar surface area (TPSA) is 44.0 Å². The average Bonchev–Trinajstić information content (AvgIpc) is 2.47. The van der Waals surface area contributed by atoms with Gasteiger partial charge in [-0.3, -0.25) is 6.08 Å². The van der Waals surface area contributed by atoms with Crippen LogP contribution in [0.5, 0.6) is 0 Å². The predicted octanol–water partition coefficient (Wildman–Crippen LogP) is 4.75. The van der Waals surface area contributed by atoms with E-state index in [0.717, 1.165) is 0 Å². The van der Waals surface area contributed by atoms with Gasteiger partial charge in [-0.05, 0) is 0 Å². The second-order valence-corrected chi connectivity index (χ2v) is 5.27. The summed E-state index contributed by atoms with van der Waals surface area (Å²) in [6.07, 6.45) is 3.36. The molecular weight excluding hydrogens is 412 g/mol. The Morgan fingerprint density at radius 1 is 1.23 bits per heavy atom. The van der Waals surface area contributed by atoms with Crippen LogP contribution in [-0.2, 0) is 23.3 Å². The van der Waals surface area contributed by atoms with Crippen molar-refractivity contribution in [2.24, 2.45) is 5.92 Å². The van der Waals surface area contributed by atoms with Crippen LogP contribution >= 0.6 is 24.8 Å². The molecule has 0 aromatic carbocycles. The van der Waals surface area contributed by atoms with Crippen molar-refractivity contribution >= 4 is 31.7 Å². The summed E-state index contributed by atoms with van der Waals surface area (Å²) >= 11 is 1.58. The van der Waals surface area contributed by atoms with Gasteiger partial charge < -0.3 is 25.2 Å². The van der Waals surface area contributed by atoms with Crippen LogP contribution in [0.4, 0.5) is 0 Å². The van der Waals surface area contributed by atoms with Crippen molar-refractivity contribution in [1.29, 1.82) is 0 Å². The van der Waals surface area contributed by atoms with Gasteiger partial charge in [0.25, 0.3) is 0 Å². The first-order chi connectivity index (χ1) is 8.54. The van der Waals surface area contributed by atoms with E-state index in [1.54, 1.807) is 23.3 Å². The minimum absolute atomic E-state index is 0. The van der Waals surface area contributed by atoms with E-state index in [1.807, 2.05) is 27.7 Å². The van der Waals surface area contributed by atoms with Crippen molar-refractivity contribution in [2.75, 3.05) is 6.61 Å². The first-order valence-corrected chi connectivity index (χ1v) is 12.2. The summed E-state index contributed by atoms with van der Waals surface area (Å²) in [7, 11) is 0. The van der Waals surface area contributed by atoms with Crippen LogP contribution in [0.1, 0.15) is 48.5 Å². The van der Waals surface area contributed by atoms with E-state index in [-0.39, 0.29) is 44.4 Å². The fourth-order valence-corrected chi connectivity index (χ4v) is 1.16. The summed E-state index contributed by atoms with van der Waals surface area (Å²) in [5, 5.41) is 7.46. The van der Waals surface area contributed by atoms with Gasteiger partial charge in [0.05, 0.1) is 0 Å². The monoisotopic (exact) mass is 445 g/mol. The Kier molecular flexibility index (Phi) is 38.7. The molecule has 1 rings (SSSR count). The number of aliphatic hydroxyl groups is 1. The third-order valence-electron chi connectivity index (χ3n) is 2.24. The predicted molar refractivity (Wildman–Crippen MR) is 106 cm³/mol. The van der Waals surface area contributed by atoms with Crippen LogP contribution < -0.4 is 0 Å². The molecule has 0 bridgehead atoms. The summed E-state index contributed by atoms with van der Waals surface area (Å²) < 4.78 is 0. The average molecular weight is 448 g/mol. The van der Waals surface area contributed by atoms with Gasteiger partial charge in [-0.2, -0.15) is 11.1 Å². The Bertz CT molecular complexity index is 297. The molecule has 22 heavy (non-hydrogen) atoms. The Morgan fingerprint density at radius 2 is 1.45 bits per heavy atom. The molecule has 0 aliphatic heterocycles. The molecule has 1 aliphatic carbocycles. The molecule has 0 amide bonds. The molecule has 0 spiro atoms. The Morgan fingerprint density at radius 3 is 1.50 bits per heavy atom. The second kappa shape index (κ2) is 22.1. The number of hydrogen-bond acceptors (Lipinski definition) is 1. The number of aliphatic hydroxyl groups excluding tert-OH is 1. The van der Waals surface area contributed by atoms with Gasteiger partial charge >= 0.3 is 30.2 Å². The summed E-state index contributed by atoms with van der Waals surface area (Å²) in [6, 6.07) is 0. The van der Waals surface area contributed by atoms with E-state index >= 15 is 0 Å². The van der Waals surface area contributed by atoms with Crippen molar-refractivity contribution < 1.29 is 28.4 Å². The minimum atomic E-state index is -0.250. The van der Waals surface area contributed by atoms with Gasteiger partial charge in [-0.1, -0.05) is 54.1 Å². The molecule has 136 valence electrons. The van der Waals surface area contributed by atoms with Crippen LogP contribution in [0.2, 0.25) is 0 Å². The first kappa shape index (κ1) is 38.6. The Balaban J connectivity index is -0.0000000433. The molecule has 1 unspecified atom stereocenters. The fourth-order valence-electron chi connectivity index (χ4n) is 1.16. The van der Waals surface area contributed by atoms with Gasteiger partial charge in [0.15, 0.2) is 0 Å². The van der Waals surface area contributed by atoms with Crippen LogP contribution in [0.3, 0.4) is 0 Å². The molecule has 0 aromatic rings. The van der Waals surface area contributed by atoms with Crippen molar-refractivity contribution in [3.63, 3.8) is 0 Å². The summed E-state index contributed by atoms with van der Waals surface area (Å²) in [4.78, 5) is 0.